The maximum Gasteiger partial charge on any atom is 0.573 e. The lowest BCUT2D eigenvalue weighted by molar-refractivity contribution is -0.274. The van der Waals surface area contributed by atoms with Crippen molar-refractivity contribution >= 4 is 17.0 Å². The van der Waals surface area contributed by atoms with Gasteiger partial charge in [0, 0.05) is 0 Å². The minimum Gasteiger partial charge on any atom is -0.465 e. The van der Waals surface area contributed by atoms with Gasteiger partial charge in [-0.3, -0.25) is 4.57 Å². The van der Waals surface area contributed by atoms with Gasteiger partial charge >= 0.3 is 18.0 Å². The van der Waals surface area contributed by atoms with Crippen LogP contribution in [0.25, 0.3) is 16.7 Å². The van der Waals surface area contributed by atoms with Gasteiger partial charge in [0.15, 0.2) is 0 Å². The van der Waals surface area contributed by atoms with Gasteiger partial charge in [-0.1, -0.05) is 0 Å². The maximum atomic E-state index is 12.2. The van der Waals surface area contributed by atoms with E-state index < -0.39 is 23.8 Å². The summed E-state index contributed by atoms with van der Waals surface area (Å²) in [6.45, 7) is 0. The van der Waals surface area contributed by atoms with Gasteiger partial charge < -0.3 is 14.5 Å². The van der Waals surface area contributed by atoms with Crippen LogP contribution in [0, 0.1) is 0 Å². The molecule has 0 bridgehead atoms. The highest BCUT2D eigenvalue weighted by Crippen LogP contribution is 2.24. The zero-order valence-electron chi connectivity index (χ0n) is 12.8. The molecule has 0 spiro atoms. The van der Waals surface area contributed by atoms with E-state index >= 15 is 0 Å². The van der Waals surface area contributed by atoms with Crippen LogP contribution in [0.3, 0.4) is 0 Å². The molecule has 0 amide bonds. The molecule has 0 fully saturated rings. The lowest BCUT2D eigenvalue weighted by Crippen LogP contribution is -2.17. The number of nitrogens with zero attached hydrogens (tertiary/aromatic N) is 1. The average Bonchev–Trinajstić information content (AvgIpc) is 2.88. The first-order valence-corrected chi connectivity index (χ1v) is 6.98. The monoisotopic (exact) mass is 352 g/mol. The van der Waals surface area contributed by atoms with Crippen molar-refractivity contribution in [2.24, 2.45) is 0 Å². The molecule has 0 radical (unpaired) electrons. The Labute approximate surface area is 138 Å². The summed E-state index contributed by atoms with van der Waals surface area (Å²) in [6.07, 6.45) is -4.79. The molecule has 1 heterocycles. The van der Waals surface area contributed by atoms with Gasteiger partial charge in [-0.15, -0.1) is 13.2 Å². The Morgan fingerprint density at radius 1 is 1.12 bits per heavy atom. The van der Waals surface area contributed by atoms with Gasteiger partial charge in [-0.2, -0.15) is 0 Å². The molecule has 2 aromatic carbocycles. The summed E-state index contributed by atoms with van der Waals surface area (Å²) in [6, 6.07) is 9.35. The molecule has 0 saturated heterocycles. The smallest absolute Gasteiger partial charge is 0.465 e. The number of carbonyl (C=O) groups is 1. The fourth-order valence-corrected chi connectivity index (χ4v) is 2.41. The molecule has 0 atom stereocenters. The molecule has 9 heteroatoms. The van der Waals surface area contributed by atoms with Gasteiger partial charge in [0.05, 0.1) is 29.4 Å². The highest BCUT2D eigenvalue weighted by Gasteiger charge is 2.31. The predicted octanol–water partition coefficient (Wildman–Crippen LogP) is 3.00. The second-order valence-corrected chi connectivity index (χ2v) is 5.03. The number of imidazole rings is 1. The summed E-state index contributed by atoms with van der Waals surface area (Å²) in [4.78, 5) is 26.3. The molecule has 0 saturated carbocycles. The normalized spacial score (nSPS) is 11.5. The van der Waals surface area contributed by atoms with Crippen LogP contribution in [0.15, 0.2) is 47.3 Å². The molecule has 3 aromatic rings. The quantitative estimate of drug-likeness (QED) is 0.736. The zero-order chi connectivity index (χ0) is 18.2. The van der Waals surface area contributed by atoms with Crippen LogP contribution in [0.4, 0.5) is 13.2 Å². The van der Waals surface area contributed by atoms with Crippen molar-refractivity contribution in [3.63, 3.8) is 0 Å². The van der Waals surface area contributed by atoms with E-state index in [2.05, 4.69) is 14.5 Å². The molecule has 0 unspecified atom stereocenters. The molecular weight excluding hydrogens is 341 g/mol. The number of nitrogens with one attached hydrogen (secondary N) is 1. The minimum atomic E-state index is -4.79. The predicted molar refractivity (Wildman–Crippen MR) is 81.9 cm³/mol. The van der Waals surface area contributed by atoms with E-state index in [9.17, 15) is 22.8 Å². The number of methoxy groups -OCH3 is 1. The standard InChI is InChI=1S/C16H11F3N2O4/c1-24-14(22)9-2-7-13-12(8-9)20-15(23)21(13)10-3-5-11(6-4-10)25-16(17,18)19/h2-8H,1H3,(H,20,23). The Bertz CT molecular complexity index is 987. The number of alkyl halides is 3. The summed E-state index contributed by atoms with van der Waals surface area (Å²) in [5.41, 5.74) is 0.959. The fourth-order valence-electron chi connectivity index (χ4n) is 2.41. The minimum absolute atomic E-state index is 0.261. The summed E-state index contributed by atoms with van der Waals surface area (Å²) >= 11 is 0. The number of aromatic nitrogens is 2. The number of benzene rings is 2. The topological polar surface area (TPSA) is 73.3 Å². The van der Waals surface area contributed by atoms with E-state index in [-0.39, 0.29) is 5.56 Å². The number of rotatable bonds is 3. The number of esters is 1. The summed E-state index contributed by atoms with van der Waals surface area (Å²) in [5.74, 6) is -0.943. The number of halogens is 3. The highest BCUT2D eigenvalue weighted by molar-refractivity contribution is 5.93. The number of ether oxygens (including phenoxy) is 2. The molecule has 130 valence electrons. The van der Waals surface area contributed by atoms with Crippen molar-refractivity contribution in [2.75, 3.05) is 7.11 Å². The Morgan fingerprint density at radius 2 is 1.80 bits per heavy atom. The molecule has 25 heavy (non-hydrogen) atoms. The molecule has 3 rings (SSSR count). The SMILES string of the molecule is COC(=O)c1ccc2c(c1)[nH]c(=O)n2-c1ccc(OC(F)(F)F)cc1. The van der Waals surface area contributed by atoms with Crippen LogP contribution < -0.4 is 10.4 Å². The average molecular weight is 352 g/mol. The van der Waals surface area contributed by atoms with Gasteiger partial charge in [0.2, 0.25) is 0 Å². The molecule has 0 aliphatic carbocycles. The van der Waals surface area contributed by atoms with Gasteiger partial charge in [0.1, 0.15) is 5.75 Å². The second-order valence-electron chi connectivity index (χ2n) is 5.03. The van der Waals surface area contributed by atoms with Crippen LogP contribution in [0.5, 0.6) is 5.75 Å². The van der Waals surface area contributed by atoms with Crippen LogP contribution in [-0.2, 0) is 4.74 Å². The van der Waals surface area contributed by atoms with Crippen molar-refractivity contribution in [2.45, 2.75) is 6.36 Å². The molecule has 6 nitrogen and oxygen atoms in total. The van der Waals surface area contributed by atoms with Crippen molar-refractivity contribution in [3.8, 4) is 11.4 Å². The Balaban J connectivity index is 2.02. The highest BCUT2D eigenvalue weighted by atomic mass is 19.4. The van der Waals surface area contributed by atoms with Crippen molar-refractivity contribution in [3.05, 3.63) is 58.5 Å². The van der Waals surface area contributed by atoms with Crippen LogP contribution >= 0.6 is 0 Å². The van der Waals surface area contributed by atoms with Crippen LogP contribution in [0.2, 0.25) is 0 Å². The maximum absolute atomic E-state index is 12.2. The molecule has 1 N–H and O–H groups in total. The number of aromatic amines is 1. The lowest BCUT2D eigenvalue weighted by Gasteiger charge is -2.09. The third-order valence-electron chi connectivity index (χ3n) is 3.43. The first-order valence-electron chi connectivity index (χ1n) is 6.98. The first-order chi connectivity index (χ1) is 11.8. The Kier molecular flexibility index (Phi) is 3.99. The number of H-pyrrole nitrogens is 1. The van der Waals surface area contributed by atoms with Crippen molar-refractivity contribution in [1.82, 2.24) is 9.55 Å². The fraction of sp³-hybridized carbons (Fsp3) is 0.125. The van der Waals surface area contributed by atoms with Gasteiger partial charge in [-0.05, 0) is 42.5 Å². The lowest BCUT2D eigenvalue weighted by atomic mass is 10.2. The van der Waals surface area contributed by atoms with E-state index in [0.29, 0.717) is 16.7 Å². The number of carbonyl (C=O) groups excluding carboxylic acids is 1. The van der Waals surface area contributed by atoms with E-state index in [4.69, 9.17) is 0 Å². The molecule has 1 aromatic heterocycles. The third kappa shape index (κ3) is 3.35. The van der Waals surface area contributed by atoms with Crippen molar-refractivity contribution < 1.29 is 27.4 Å². The largest absolute Gasteiger partial charge is 0.573 e. The molecular formula is C16H11F3N2O4. The summed E-state index contributed by atoms with van der Waals surface area (Å²) in [5, 5.41) is 0. The summed E-state index contributed by atoms with van der Waals surface area (Å²) < 4.78 is 46.3. The van der Waals surface area contributed by atoms with E-state index in [1.807, 2.05) is 0 Å². The number of fused-ring (bicyclic) bond motifs is 1. The van der Waals surface area contributed by atoms with E-state index in [1.165, 1.54) is 35.9 Å². The number of hydrogen-bond donors (Lipinski definition) is 1. The third-order valence-corrected chi connectivity index (χ3v) is 3.43. The Morgan fingerprint density at radius 3 is 2.40 bits per heavy atom. The van der Waals surface area contributed by atoms with Crippen LogP contribution in [-0.4, -0.2) is 29.0 Å². The Hall–Kier alpha value is -3.23. The van der Waals surface area contributed by atoms with Crippen molar-refractivity contribution in [1.29, 1.82) is 0 Å². The molecule has 0 aliphatic rings. The zero-order valence-corrected chi connectivity index (χ0v) is 12.8. The van der Waals surface area contributed by atoms with E-state index in [0.717, 1.165) is 12.1 Å². The van der Waals surface area contributed by atoms with Gasteiger partial charge in [0.25, 0.3) is 0 Å². The molecule has 0 aliphatic heterocycles. The number of hydrogen-bond acceptors (Lipinski definition) is 4. The first kappa shape index (κ1) is 16.6. The van der Waals surface area contributed by atoms with E-state index in [1.54, 1.807) is 6.07 Å². The summed E-state index contributed by atoms with van der Waals surface area (Å²) in [7, 11) is 1.24. The van der Waals surface area contributed by atoms with Gasteiger partial charge in [-0.25, -0.2) is 9.59 Å². The second kappa shape index (κ2) is 6.00. The van der Waals surface area contributed by atoms with Crippen LogP contribution in [0.1, 0.15) is 10.4 Å².